The van der Waals surface area contributed by atoms with Crippen molar-refractivity contribution in [2.75, 3.05) is 0 Å². The fourth-order valence-electron chi connectivity index (χ4n) is 5.87. The van der Waals surface area contributed by atoms with Crippen LogP contribution in [0.5, 0.6) is 0 Å². The minimum absolute atomic E-state index is 0.00283. The van der Waals surface area contributed by atoms with Gasteiger partial charge in [-0.15, -0.1) is 0 Å². The maximum absolute atomic E-state index is 9.26. The molecule has 0 aliphatic carbocycles. The lowest BCUT2D eigenvalue weighted by Gasteiger charge is -2.13. The quantitative estimate of drug-likeness (QED) is 0.197. The van der Waals surface area contributed by atoms with E-state index >= 15 is 0 Å². The first kappa shape index (κ1) is 22.8. The molecule has 0 spiro atoms. The maximum atomic E-state index is 9.26. The third-order valence-electron chi connectivity index (χ3n) is 7.96. The summed E-state index contributed by atoms with van der Waals surface area (Å²) in [5.74, 6) is 0.275. The third kappa shape index (κ3) is 5.14. The summed E-state index contributed by atoms with van der Waals surface area (Å²) in [6, 6.07) is 43.2. The first-order valence-corrected chi connectivity index (χ1v) is 15.0. The summed E-state index contributed by atoms with van der Waals surface area (Å²) in [6.45, 7) is 0. The van der Waals surface area contributed by atoms with Crippen molar-refractivity contribution in [3.8, 4) is 56.2 Å². The highest BCUT2D eigenvalue weighted by atomic mass is 35.5. The van der Waals surface area contributed by atoms with Gasteiger partial charge in [0.1, 0.15) is 0 Å². The van der Waals surface area contributed by atoms with Crippen LogP contribution in [-0.4, -0.2) is 15.0 Å². The third-order valence-corrected chi connectivity index (χ3v) is 8.13. The molecule has 7 aromatic carbocycles. The standard InChI is InChI=1S/C41H26ClN3/c42-41-44-39(31-17-8-15-29(25-31)34-22-10-14-28-13-4-5-19-33(28)34)43-40(45-41)32-18-9-16-30(26-32)36-24-23-35(27-11-2-1-3-12-27)37-20-6-7-21-38(36)37/h1-26H/i8D,15D,17D,25D. The molecule has 0 bridgehead atoms. The molecule has 0 aliphatic heterocycles. The molecule has 0 saturated carbocycles. The molecule has 0 aliphatic rings. The van der Waals surface area contributed by atoms with E-state index in [-0.39, 0.29) is 52.2 Å². The normalized spacial score (nSPS) is 12.5. The first-order valence-electron chi connectivity index (χ1n) is 16.6. The fraction of sp³-hybridized carbons (Fsp3) is 0. The van der Waals surface area contributed by atoms with E-state index in [0.717, 1.165) is 43.8 Å². The number of fused-ring (bicyclic) bond motifs is 2. The fourth-order valence-corrected chi connectivity index (χ4v) is 6.03. The lowest BCUT2D eigenvalue weighted by Crippen LogP contribution is -1.97. The Labute approximate surface area is 272 Å². The Hall–Kier alpha value is -5.64. The Kier molecular flexibility index (Phi) is 5.81. The van der Waals surface area contributed by atoms with E-state index in [2.05, 4.69) is 46.4 Å². The van der Waals surface area contributed by atoms with Crippen LogP contribution in [0.4, 0.5) is 0 Å². The van der Waals surface area contributed by atoms with Crippen molar-refractivity contribution in [2.24, 2.45) is 0 Å². The smallest absolute Gasteiger partial charge is 0.208 e. The van der Waals surface area contributed by atoms with Gasteiger partial charge in [-0.25, -0.2) is 4.98 Å². The van der Waals surface area contributed by atoms with Gasteiger partial charge < -0.3 is 0 Å². The van der Waals surface area contributed by atoms with Crippen LogP contribution in [0.1, 0.15) is 5.48 Å². The SMILES string of the molecule is [2H]c1c([2H])c(-c2nc(Cl)nc(-c3cccc(-c4ccc(-c5ccccc5)c5ccccc45)c3)n2)c([2H])c(-c2cccc3ccccc23)c1[2H]. The molecule has 0 N–H and O–H groups in total. The van der Waals surface area contributed by atoms with Crippen molar-refractivity contribution in [3.63, 3.8) is 0 Å². The molecule has 1 heterocycles. The summed E-state index contributed by atoms with van der Waals surface area (Å²) in [4.78, 5) is 13.5. The zero-order chi connectivity index (χ0) is 33.6. The number of hydrogen-bond donors (Lipinski definition) is 0. The van der Waals surface area contributed by atoms with Gasteiger partial charge in [0.2, 0.25) is 5.28 Å². The predicted octanol–water partition coefficient (Wildman–Crippen LogP) is 11.2. The molecular formula is C41H26ClN3. The summed E-state index contributed by atoms with van der Waals surface area (Å²) in [6.07, 6.45) is 0. The first-order chi connectivity index (χ1) is 23.9. The Bertz CT molecular complexity index is 2570. The summed E-state index contributed by atoms with van der Waals surface area (Å²) >= 11 is 6.50. The zero-order valence-corrected chi connectivity index (χ0v) is 24.7. The van der Waals surface area contributed by atoms with E-state index in [4.69, 9.17) is 20.7 Å². The highest BCUT2D eigenvalue weighted by molar-refractivity contribution is 6.28. The van der Waals surface area contributed by atoms with Gasteiger partial charge in [-0.05, 0) is 78.6 Å². The molecule has 8 aromatic rings. The molecule has 8 rings (SSSR count). The number of aromatic nitrogens is 3. The van der Waals surface area contributed by atoms with Crippen LogP contribution in [0.15, 0.2) is 158 Å². The molecule has 0 amide bonds. The zero-order valence-electron chi connectivity index (χ0n) is 27.9. The number of benzene rings is 7. The second-order valence-corrected chi connectivity index (χ2v) is 11.0. The maximum Gasteiger partial charge on any atom is 0.226 e. The molecule has 0 saturated heterocycles. The van der Waals surface area contributed by atoms with Gasteiger partial charge in [0.15, 0.2) is 11.6 Å². The molecular weight excluding hydrogens is 570 g/mol. The van der Waals surface area contributed by atoms with Crippen molar-refractivity contribution in [1.82, 2.24) is 15.0 Å². The number of nitrogens with zero attached hydrogens (tertiary/aromatic N) is 3. The lowest BCUT2D eigenvalue weighted by molar-refractivity contribution is 1.07. The molecule has 3 nitrogen and oxygen atoms in total. The number of halogens is 1. The van der Waals surface area contributed by atoms with Crippen LogP contribution in [0.25, 0.3) is 77.7 Å². The molecule has 0 fully saturated rings. The van der Waals surface area contributed by atoms with E-state index in [0.29, 0.717) is 11.1 Å². The van der Waals surface area contributed by atoms with Gasteiger partial charge in [0, 0.05) is 11.1 Å². The summed E-state index contributed by atoms with van der Waals surface area (Å²) in [5, 5.41) is 3.92. The Morgan fingerprint density at radius 3 is 1.80 bits per heavy atom. The van der Waals surface area contributed by atoms with Crippen molar-refractivity contribution in [2.45, 2.75) is 0 Å². The predicted molar refractivity (Wildman–Crippen MR) is 187 cm³/mol. The van der Waals surface area contributed by atoms with Crippen LogP contribution in [-0.2, 0) is 0 Å². The molecule has 0 radical (unpaired) electrons. The topological polar surface area (TPSA) is 38.7 Å². The van der Waals surface area contributed by atoms with Gasteiger partial charge in [0.25, 0.3) is 0 Å². The molecule has 45 heavy (non-hydrogen) atoms. The van der Waals surface area contributed by atoms with Crippen LogP contribution in [0, 0.1) is 0 Å². The Balaban J connectivity index is 1.26. The highest BCUT2D eigenvalue weighted by Crippen LogP contribution is 2.37. The van der Waals surface area contributed by atoms with E-state index in [1.165, 1.54) is 0 Å². The summed E-state index contributed by atoms with van der Waals surface area (Å²) in [7, 11) is 0. The van der Waals surface area contributed by atoms with Crippen molar-refractivity contribution in [1.29, 1.82) is 0 Å². The second-order valence-electron chi connectivity index (χ2n) is 10.7. The average Bonchev–Trinajstić information content (AvgIpc) is 3.14. The van der Waals surface area contributed by atoms with Gasteiger partial charge >= 0.3 is 0 Å². The average molecular weight is 600 g/mol. The summed E-state index contributed by atoms with van der Waals surface area (Å²) < 4.78 is 35.6. The van der Waals surface area contributed by atoms with Gasteiger partial charge in [0.05, 0.1) is 5.48 Å². The van der Waals surface area contributed by atoms with Crippen LogP contribution in [0.2, 0.25) is 5.28 Å². The molecule has 0 atom stereocenters. The van der Waals surface area contributed by atoms with Crippen LogP contribution in [0.3, 0.4) is 0 Å². The Morgan fingerprint density at radius 2 is 1.00 bits per heavy atom. The van der Waals surface area contributed by atoms with Crippen molar-refractivity contribution >= 4 is 33.1 Å². The van der Waals surface area contributed by atoms with Crippen LogP contribution >= 0.6 is 11.6 Å². The Morgan fingerprint density at radius 1 is 0.444 bits per heavy atom. The van der Waals surface area contributed by atoms with Gasteiger partial charge in [-0.3, -0.25) is 0 Å². The number of rotatable bonds is 5. The summed E-state index contributed by atoms with van der Waals surface area (Å²) in [5.41, 5.74) is 5.86. The minimum atomic E-state index is -0.320. The molecule has 1 aromatic heterocycles. The van der Waals surface area contributed by atoms with E-state index in [1.807, 2.05) is 97.1 Å². The monoisotopic (exact) mass is 599 g/mol. The lowest BCUT2D eigenvalue weighted by atomic mass is 9.91. The minimum Gasteiger partial charge on any atom is -0.208 e. The van der Waals surface area contributed by atoms with E-state index in [9.17, 15) is 1.37 Å². The largest absolute Gasteiger partial charge is 0.226 e. The molecule has 4 heteroatoms. The van der Waals surface area contributed by atoms with Gasteiger partial charge in [-0.1, -0.05) is 146 Å². The number of hydrogen-bond acceptors (Lipinski definition) is 3. The molecule has 212 valence electrons. The second kappa shape index (κ2) is 11.5. The van der Waals surface area contributed by atoms with Crippen molar-refractivity contribution in [3.05, 3.63) is 163 Å². The highest BCUT2D eigenvalue weighted by Gasteiger charge is 2.14. The van der Waals surface area contributed by atoms with E-state index in [1.54, 1.807) is 0 Å². The van der Waals surface area contributed by atoms with Crippen molar-refractivity contribution < 1.29 is 5.48 Å². The molecule has 0 unspecified atom stereocenters. The van der Waals surface area contributed by atoms with Crippen LogP contribution < -0.4 is 0 Å². The van der Waals surface area contributed by atoms with Gasteiger partial charge in [-0.2, -0.15) is 9.97 Å². The van der Waals surface area contributed by atoms with E-state index < -0.39 is 0 Å².